The summed E-state index contributed by atoms with van der Waals surface area (Å²) in [5.41, 5.74) is 6.15. The minimum Gasteiger partial charge on any atom is -0.489 e. The summed E-state index contributed by atoms with van der Waals surface area (Å²) in [6, 6.07) is 30.0. The van der Waals surface area contributed by atoms with Crippen molar-refractivity contribution < 1.29 is 37.3 Å². The van der Waals surface area contributed by atoms with E-state index in [4.69, 9.17) is 42.7 Å². The van der Waals surface area contributed by atoms with Crippen LogP contribution < -0.4 is 24.8 Å². The van der Waals surface area contributed by atoms with E-state index in [-0.39, 0.29) is 35.9 Å². The SMILES string of the molecule is CNc1nc(C)c(S(=O)(=O)N2Cc3cc4c(cc3C[C@H]2C(=O)NC(Cc2ccc(-c3ccc(C#N)cc3)cc2)C(=O)O)OC[C@H](c2ccc(OCc3ccc(Cl)c(Cl)c3)cc2)O4)s1. The first-order chi connectivity index (χ1) is 30.3. The smallest absolute Gasteiger partial charge is 0.326 e. The Morgan fingerprint density at radius 1 is 0.952 bits per heavy atom. The number of rotatable bonds is 13. The summed E-state index contributed by atoms with van der Waals surface area (Å²) in [7, 11) is -2.71. The van der Waals surface area contributed by atoms with E-state index in [1.54, 1.807) is 62.5 Å². The number of halogens is 2. The summed E-state index contributed by atoms with van der Waals surface area (Å²) in [6.07, 6.45) is -0.605. The first-order valence-electron chi connectivity index (χ1n) is 19.7. The molecule has 0 fully saturated rings. The minimum atomic E-state index is -4.35. The molecule has 3 N–H and O–H groups in total. The molecule has 8 rings (SSSR count). The zero-order valence-electron chi connectivity index (χ0n) is 33.8. The number of nitrogens with one attached hydrogen (secondary N) is 2. The first kappa shape index (κ1) is 43.5. The molecule has 2 aliphatic rings. The summed E-state index contributed by atoms with van der Waals surface area (Å²) >= 11 is 13.1. The number of thiazole rings is 1. The van der Waals surface area contributed by atoms with Crippen molar-refractivity contribution in [1.29, 1.82) is 5.26 Å². The second kappa shape index (κ2) is 18.3. The number of carbonyl (C=O) groups excluding carboxylic acids is 1. The van der Waals surface area contributed by atoms with Crippen molar-refractivity contribution in [2.45, 2.75) is 55.3 Å². The maximum Gasteiger partial charge on any atom is 0.326 e. The molecule has 5 aromatic carbocycles. The topological polar surface area (TPSA) is 180 Å². The van der Waals surface area contributed by atoms with Gasteiger partial charge in [0.15, 0.2) is 26.9 Å². The van der Waals surface area contributed by atoms with Gasteiger partial charge < -0.3 is 30.0 Å². The number of fused-ring (bicyclic) bond motifs is 2. The molecule has 63 heavy (non-hydrogen) atoms. The van der Waals surface area contributed by atoms with E-state index in [9.17, 15) is 23.1 Å². The van der Waals surface area contributed by atoms with Crippen molar-refractivity contribution in [1.82, 2.24) is 14.6 Å². The predicted molar refractivity (Wildman–Crippen MR) is 239 cm³/mol. The van der Waals surface area contributed by atoms with Crippen LogP contribution in [0.5, 0.6) is 17.2 Å². The molecule has 3 heterocycles. The van der Waals surface area contributed by atoms with Crippen LogP contribution in [0.15, 0.2) is 107 Å². The van der Waals surface area contributed by atoms with Crippen LogP contribution in [-0.2, 0) is 45.6 Å². The maximum atomic E-state index is 14.5. The summed E-state index contributed by atoms with van der Waals surface area (Å²) in [4.78, 5) is 31.3. The molecule has 0 bridgehead atoms. The fraction of sp³-hybridized carbons (Fsp3) is 0.217. The van der Waals surface area contributed by atoms with E-state index in [1.165, 1.54) is 0 Å². The monoisotopic (exact) mass is 923 g/mol. The fourth-order valence-electron chi connectivity index (χ4n) is 7.45. The number of nitrogens with zero attached hydrogens (tertiary/aromatic N) is 3. The number of carboxylic acid groups (broad SMARTS) is 1. The molecule has 0 spiro atoms. The van der Waals surface area contributed by atoms with E-state index in [1.807, 2.05) is 54.6 Å². The van der Waals surface area contributed by atoms with Gasteiger partial charge in [0.05, 0.1) is 27.4 Å². The first-order valence-corrected chi connectivity index (χ1v) is 22.7. The molecular weight excluding hydrogens is 886 g/mol. The zero-order valence-corrected chi connectivity index (χ0v) is 36.9. The van der Waals surface area contributed by atoms with Crippen LogP contribution in [0.25, 0.3) is 11.1 Å². The normalized spacial score (nSPS) is 16.3. The molecule has 322 valence electrons. The Kier molecular flexibility index (Phi) is 12.6. The lowest BCUT2D eigenvalue weighted by Gasteiger charge is -2.36. The Labute approximate surface area is 377 Å². The summed E-state index contributed by atoms with van der Waals surface area (Å²) in [6.45, 7) is 1.86. The van der Waals surface area contributed by atoms with E-state index < -0.39 is 40.1 Å². The van der Waals surface area contributed by atoms with Gasteiger partial charge >= 0.3 is 5.97 Å². The van der Waals surface area contributed by atoms with Crippen LogP contribution >= 0.6 is 34.5 Å². The van der Waals surface area contributed by atoms with E-state index >= 15 is 0 Å². The Bertz CT molecular complexity index is 2850. The van der Waals surface area contributed by atoms with Crippen molar-refractivity contribution >= 4 is 61.6 Å². The molecule has 6 aromatic rings. The Balaban J connectivity index is 1.01. The van der Waals surface area contributed by atoms with Crippen molar-refractivity contribution in [2.24, 2.45) is 0 Å². The van der Waals surface area contributed by atoms with Gasteiger partial charge in [-0.1, -0.05) is 89.1 Å². The number of aryl methyl sites for hydroxylation is 1. The van der Waals surface area contributed by atoms with Crippen molar-refractivity contribution in [3.05, 3.63) is 152 Å². The standard InChI is InChI=1S/C46H39Cl2N5O8S2/c1-26-45(62-46(50-2)51-26)63(57,58)53-23-34-21-41-40(60-25-42(61-41)32-12-14-35(15-13-32)59-24-29-7-16-36(47)37(48)17-29)20-33(34)19-39(53)43(54)52-38(44(55)56)18-27-3-8-30(9-4-27)31-10-5-28(22-49)6-11-31/h3-17,20-21,38-39,42H,18-19,23-25H2,1-2H3,(H,50,51)(H,52,54)(H,55,56)/t38?,39-,42+/m0/s1. The number of carbonyl (C=O) groups is 2. The third-order valence-electron chi connectivity index (χ3n) is 10.8. The fourth-order valence-corrected chi connectivity index (χ4v) is 10.8. The van der Waals surface area contributed by atoms with Crippen LogP contribution in [0.4, 0.5) is 5.13 Å². The van der Waals surface area contributed by atoms with Crippen LogP contribution in [0.3, 0.4) is 0 Å². The van der Waals surface area contributed by atoms with Crippen LogP contribution in [0.1, 0.15) is 45.2 Å². The third kappa shape index (κ3) is 9.46. The number of aliphatic carboxylic acids is 1. The predicted octanol–water partition coefficient (Wildman–Crippen LogP) is 8.36. The van der Waals surface area contributed by atoms with Gasteiger partial charge in [-0.05, 0) is 101 Å². The highest BCUT2D eigenvalue weighted by Gasteiger charge is 2.43. The molecule has 17 heteroatoms. The number of anilines is 1. The number of aromatic nitrogens is 1. The molecule has 1 aromatic heterocycles. The number of carboxylic acids is 1. The van der Waals surface area contributed by atoms with Gasteiger partial charge in [0.2, 0.25) is 5.91 Å². The number of sulfonamides is 1. The molecule has 0 aliphatic carbocycles. The summed E-state index contributed by atoms with van der Waals surface area (Å²) < 4.78 is 48.7. The quantitative estimate of drug-likeness (QED) is 0.101. The largest absolute Gasteiger partial charge is 0.489 e. The van der Waals surface area contributed by atoms with Crippen LogP contribution in [0, 0.1) is 18.3 Å². The Morgan fingerprint density at radius 3 is 2.29 bits per heavy atom. The molecule has 0 radical (unpaired) electrons. The lowest BCUT2D eigenvalue weighted by atomic mass is 9.94. The number of amides is 1. The molecule has 0 saturated carbocycles. The van der Waals surface area contributed by atoms with Gasteiger partial charge in [-0.15, -0.1) is 0 Å². The molecular formula is C46H39Cl2N5O8S2. The average Bonchev–Trinajstić information content (AvgIpc) is 3.69. The highest BCUT2D eigenvalue weighted by Crippen LogP contribution is 2.42. The number of hydrogen-bond donors (Lipinski definition) is 3. The summed E-state index contributed by atoms with van der Waals surface area (Å²) in [5.74, 6) is -0.555. The second-order valence-corrected chi connectivity index (χ2v) is 18.9. The van der Waals surface area contributed by atoms with Gasteiger partial charge in [0.1, 0.15) is 31.0 Å². The highest BCUT2D eigenvalue weighted by molar-refractivity contribution is 7.91. The van der Waals surface area contributed by atoms with E-state index in [0.29, 0.717) is 61.3 Å². The number of ether oxygens (including phenoxy) is 3. The van der Waals surface area contributed by atoms with Gasteiger partial charge in [-0.25, -0.2) is 18.2 Å². The number of nitriles is 1. The Morgan fingerprint density at radius 2 is 1.63 bits per heavy atom. The lowest BCUT2D eigenvalue weighted by Crippen LogP contribution is -2.55. The highest BCUT2D eigenvalue weighted by atomic mass is 35.5. The molecule has 0 saturated heterocycles. The Hall–Kier alpha value is -6.15. The molecule has 13 nitrogen and oxygen atoms in total. The van der Waals surface area contributed by atoms with Crippen molar-refractivity contribution in [2.75, 3.05) is 19.0 Å². The number of benzene rings is 5. The van der Waals surface area contributed by atoms with Gasteiger partial charge in [0.25, 0.3) is 10.0 Å². The average molecular weight is 925 g/mol. The molecule has 3 atom stereocenters. The van der Waals surface area contributed by atoms with Gasteiger partial charge in [-0.2, -0.15) is 9.57 Å². The zero-order chi connectivity index (χ0) is 44.4. The lowest BCUT2D eigenvalue weighted by molar-refractivity contribution is -0.142. The molecule has 1 unspecified atom stereocenters. The summed E-state index contributed by atoms with van der Waals surface area (Å²) in [5, 5.41) is 26.3. The van der Waals surface area contributed by atoms with E-state index in [2.05, 4.69) is 21.7 Å². The van der Waals surface area contributed by atoms with Gasteiger partial charge in [0, 0.05) is 20.0 Å². The third-order valence-corrected chi connectivity index (χ3v) is 15.2. The maximum absolute atomic E-state index is 14.5. The van der Waals surface area contributed by atoms with Crippen molar-refractivity contribution in [3.8, 4) is 34.4 Å². The molecule has 1 amide bonds. The van der Waals surface area contributed by atoms with Crippen molar-refractivity contribution in [3.63, 3.8) is 0 Å². The second-order valence-electron chi connectivity index (χ2n) is 15.0. The van der Waals surface area contributed by atoms with Gasteiger partial charge in [-0.3, -0.25) is 4.79 Å². The number of hydrogen-bond acceptors (Lipinski definition) is 11. The van der Waals surface area contributed by atoms with E-state index in [0.717, 1.165) is 37.9 Å². The minimum absolute atomic E-state index is 0.0350. The molecule has 2 aliphatic heterocycles. The van der Waals surface area contributed by atoms with Crippen LogP contribution in [0.2, 0.25) is 10.0 Å². The van der Waals surface area contributed by atoms with Crippen LogP contribution in [-0.4, -0.2) is 60.4 Å².